The SMILES string of the molecule is COc1cccc(COc2c(CN)cccc2OC)n1. The Morgan fingerprint density at radius 3 is 2.55 bits per heavy atom. The van der Waals surface area contributed by atoms with Crippen molar-refractivity contribution in [2.75, 3.05) is 14.2 Å². The molecule has 0 saturated heterocycles. The maximum atomic E-state index is 5.81. The molecule has 0 amide bonds. The lowest BCUT2D eigenvalue weighted by Crippen LogP contribution is -2.05. The standard InChI is InChI=1S/C15H18N2O3/c1-18-13-7-3-5-11(9-16)15(13)20-10-12-6-4-8-14(17-12)19-2/h3-8H,9-10,16H2,1-2H3. The Kier molecular flexibility index (Phi) is 4.79. The lowest BCUT2D eigenvalue weighted by atomic mass is 10.2. The zero-order chi connectivity index (χ0) is 14.4. The molecule has 1 heterocycles. The highest BCUT2D eigenvalue weighted by Crippen LogP contribution is 2.31. The van der Waals surface area contributed by atoms with Gasteiger partial charge in [-0.05, 0) is 12.1 Å². The van der Waals surface area contributed by atoms with E-state index in [9.17, 15) is 0 Å². The first-order chi connectivity index (χ1) is 9.78. The molecule has 2 aromatic rings. The highest BCUT2D eigenvalue weighted by molar-refractivity contribution is 5.46. The molecule has 0 spiro atoms. The number of nitrogens with two attached hydrogens (primary N) is 1. The molecule has 2 rings (SSSR count). The van der Waals surface area contributed by atoms with Crippen molar-refractivity contribution in [1.82, 2.24) is 4.98 Å². The zero-order valence-corrected chi connectivity index (χ0v) is 11.6. The van der Waals surface area contributed by atoms with Gasteiger partial charge in [-0.15, -0.1) is 0 Å². The van der Waals surface area contributed by atoms with E-state index in [2.05, 4.69) is 4.98 Å². The molecule has 106 valence electrons. The molecule has 0 saturated carbocycles. The summed E-state index contributed by atoms with van der Waals surface area (Å²) >= 11 is 0. The van der Waals surface area contributed by atoms with Crippen molar-refractivity contribution in [1.29, 1.82) is 0 Å². The molecule has 5 nitrogen and oxygen atoms in total. The van der Waals surface area contributed by atoms with Gasteiger partial charge in [-0.1, -0.05) is 18.2 Å². The lowest BCUT2D eigenvalue weighted by Gasteiger charge is -2.14. The van der Waals surface area contributed by atoms with Crippen LogP contribution in [0.2, 0.25) is 0 Å². The predicted octanol–water partition coefficient (Wildman–Crippen LogP) is 2.14. The Hall–Kier alpha value is -2.27. The predicted molar refractivity (Wildman–Crippen MR) is 76.0 cm³/mol. The topological polar surface area (TPSA) is 66.6 Å². The summed E-state index contributed by atoms with van der Waals surface area (Å²) in [7, 11) is 3.19. The number of benzene rings is 1. The summed E-state index contributed by atoms with van der Waals surface area (Å²) in [5.41, 5.74) is 7.39. The number of pyridine rings is 1. The Morgan fingerprint density at radius 2 is 1.85 bits per heavy atom. The van der Waals surface area contributed by atoms with E-state index in [1.807, 2.05) is 30.3 Å². The van der Waals surface area contributed by atoms with Gasteiger partial charge in [0.25, 0.3) is 0 Å². The van der Waals surface area contributed by atoms with Crippen LogP contribution < -0.4 is 19.9 Å². The van der Waals surface area contributed by atoms with E-state index in [4.69, 9.17) is 19.9 Å². The van der Waals surface area contributed by atoms with Crippen LogP contribution in [0.4, 0.5) is 0 Å². The van der Waals surface area contributed by atoms with Gasteiger partial charge in [-0.3, -0.25) is 0 Å². The highest BCUT2D eigenvalue weighted by Gasteiger charge is 2.10. The fourth-order valence-corrected chi connectivity index (χ4v) is 1.84. The van der Waals surface area contributed by atoms with Crippen molar-refractivity contribution in [3.63, 3.8) is 0 Å². The summed E-state index contributed by atoms with van der Waals surface area (Å²) in [6, 6.07) is 11.2. The summed E-state index contributed by atoms with van der Waals surface area (Å²) in [6.07, 6.45) is 0. The number of ether oxygens (including phenoxy) is 3. The van der Waals surface area contributed by atoms with Crippen molar-refractivity contribution in [3.05, 3.63) is 47.7 Å². The third-order valence-electron chi connectivity index (χ3n) is 2.86. The van der Waals surface area contributed by atoms with Gasteiger partial charge >= 0.3 is 0 Å². The Labute approximate surface area is 118 Å². The maximum absolute atomic E-state index is 5.81. The van der Waals surface area contributed by atoms with Gasteiger partial charge in [0.2, 0.25) is 5.88 Å². The fraction of sp³-hybridized carbons (Fsp3) is 0.267. The average Bonchev–Trinajstić information content (AvgIpc) is 2.52. The number of rotatable bonds is 6. The molecular formula is C15H18N2O3. The van der Waals surface area contributed by atoms with E-state index in [0.717, 1.165) is 11.3 Å². The number of hydrogen-bond donors (Lipinski definition) is 1. The molecule has 2 N–H and O–H groups in total. The third-order valence-corrected chi connectivity index (χ3v) is 2.86. The van der Waals surface area contributed by atoms with Gasteiger partial charge in [0.1, 0.15) is 6.61 Å². The molecule has 0 unspecified atom stereocenters. The van der Waals surface area contributed by atoms with Crippen LogP contribution in [-0.2, 0) is 13.2 Å². The number of methoxy groups -OCH3 is 2. The zero-order valence-electron chi connectivity index (χ0n) is 11.6. The van der Waals surface area contributed by atoms with Gasteiger partial charge < -0.3 is 19.9 Å². The largest absolute Gasteiger partial charge is 0.493 e. The second-order valence-corrected chi connectivity index (χ2v) is 4.11. The smallest absolute Gasteiger partial charge is 0.213 e. The maximum Gasteiger partial charge on any atom is 0.213 e. The lowest BCUT2D eigenvalue weighted by molar-refractivity contribution is 0.275. The molecular weight excluding hydrogens is 256 g/mol. The van der Waals surface area contributed by atoms with Gasteiger partial charge in [-0.25, -0.2) is 4.98 Å². The minimum atomic E-state index is 0.324. The first-order valence-electron chi connectivity index (χ1n) is 6.27. The molecule has 1 aromatic heterocycles. The normalized spacial score (nSPS) is 10.2. The van der Waals surface area contributed by atoms with E-state index in [-0.39, 0.29) is 0 Å². The second-order valence-electron chi connectivity index (χ2n) is 4.11. The van der Waals surface area contributed by atoms with Crippen LogP contribution >= 0.6 is 0 Å². The summed E-state index contributed by atoms with van der Waals surface area (Å²) < 4.78 is 16.2. The highest BCUT2D eigenvalue weighted by atomic mass is 16.5. The average molecular weight is 274 g/mol. The number of hydrogen-bond acceptors (Lipinski definition) is 5. The van der Waals surface area contributed by atoms with Crippen molar-refractivity contribution in [3.8, 4) is 17.4 Å². The van der Waals surface area contributed by atoms with Gasteiger partial charge in [0.05, 0.1) is 19.9 Å². The van der Waals surface area contributed by atoms with Crippen LogP contribution in [0.5, 0.6) is 17.4 Å². The van der Waals surface area contributed by atoms with E-state index in [0.29, 0.717) is 30.5 Å². The van der Waals surface area contributed by atoms with Crippen molar-refractivity contribution >= 4 is 0 Å². The molecule has 1 aromatic carbocycles. The minimum absolute atomic E-state index is 0.324. The Balaban J connectivity index is 2.17. The number of aromatic nitrogens is 1. The molecule has 0 radical (unpaired) electrons. The summed E-state index contributed by atoms with van der Waals surface area (Å²) in [4.78, 5) is 4.30. The molecule has 5 heteroatoms. The van der Waals surface area contributed by atoms with E-state index in [1.54, 1.807) is 20.3 Å². The van der Waals surface area contributed by atoms with Crippen LogP contribution in [0.25, 0.3) is 0 Å². The summed E-state index contributed by atoms with van der Waals surface area (Å²) in [6.45, 7) is 0.711. The van der Waals surface area contributed by atoms with E-state index in [1.165, 1.54) is 0 Å². The quantitative estimate of drug-likeness (QED) is 0.874. The Bertz CT molecular complexity index is 551. The van der Waals surface area contributed by atoms with Crippen LogP contribution in [0.3, 0.4) is 0 Å². The number of para-hydroxylation sites is 1. The second kappa shape index (κ2) is 6.77. The van der Waals surface area contributed by atoms with Gasteiger partial charge in [-0.2, -0.15) is 0 Å². The van der Waals surface area contributed by atoms with Gasteiger partial charge in [0, 0.05) is 18.2 Å². The monoisotopic (exact) mass is 274 g/mol. The molecule has 0 atom stereocenters. The van der Waals surface area contributed by atoms with E-state index < -0.39 is 0 Å². The van der Waals surface area contributed by atoms with E-state index >= 15 is 0 Å². The third kappa shape index (κ3) is 3.19. The summed E-state index contributed by atoms with van der Waals surface area (Å²) in [5, 5.41) is 0. The summed E-state index contributed by atoms with van der Waals surface area (Å²) in [5.74, 6) is 1.88. The van der Waals surface area contributed by atoms with Crippen LogP contribution in [0, 0.1) is 0 Å². The number of nitrogens with zero attached hydrogens (tertiary/aromatic N) is 1. The first kappa shape index (κ1) is 14.1. The molecule has 20 heavy (non-hydrogen) atoms. The molecule has 0 aliphatic carbocycles. The molecule has 0 aliphatic rings. The first-order valence-corrected chi connectivity index (χ1v) is 6.27. The van der Waals surface area contributed by atoms with Crippen molar-refractivity contribution < 1.29 is 14.2 Å². The van der Waals surface area contributed by atoms with Crippen LogP contribution in [-0.4, -0.2) is 19.2 Å². The molecule has 0 bridgehead atoms. The minimum Gasteiger partial charge on any atom is -0.493 e. The van der Waals surface area contributed by atoms with Crippen molar-refractivity contribution in [2.45, 2.75) is 13.2 Å². The molecule has 0 fully saturated rings. The fourth-order valence-electron chi connectivity index (χ4n) is 1.84. The molecule has 0 aliphatic heterocycles. The van der Waals surface area contributed by atoms with Crippen molar-refractivity contribution in [2.24, 2.45) is 5.73 Å². The van der Waals surface area contributed by atoms with Gasteiger partial charge in [0.15, 0.2) is 11.5 Å². The van der Waals surface area contributed by atoms with Crippen LogP contribution in [0.1, 0.15) is 11.3 Å². The Morgan fingerprint density at radius 1 is 1.05 bits per heavy atom. The van der Waals surface area contributed by atoms with Crippen LogP contribution in [0.15, 0.2) is 36.4 Å².